The Balaban J connectivity index is 1.96. The highest BCUT2D eigenvalue weighted by molar-refractivity contribution is 5.97. The minimum absolute atomic E-state index is 0.0300. The first-order valence-electron chi connectivity index (χ1n) is 7.41. The van der Waals surface area contributed by atoms with Crippen LogP contribution >= 0.6 is 0 Å². The summed E-state index contributed by atoms with van der Waals surface area (Å²) in [7, 11) is 3.70. The molecule has 1 atom stereocenters. The van der Waals surface area contributed by atoms with Crippen LogP contribution in [0.4, 0.5) is 0 Å². The van der Waals surface area contributed by atoms with Gasteiger partial charge in [-0.25, -0.2) is 0 Å². The molecule has 0 spiro atoms. The normalized spacial score (nSPS) is 18.7. The fourth-order valence-electron chi connectivity index (χ4n) is 2.73. The first-order chi connectivity index (χ1) is 10.1. The number of benzene rings is 1. The highest BCUT2D eigenvalue weighted by Gasteiger charge is 2.16. The number of ether oxygens (including phenoxy) is 2. The van der Waals surface area contributed by atoms with Crippen molar-refractivity contribution in [1.29, 1.82) is 5.41 Å². The molecule has 1 aromatic carbocycles. The zero-order valence-electron chi connectivity index (χ0n) is 12.9. The van der Waals surface area contributed by atoms with Gasteiger partial charge in [0, 0.05) is 19.7 Å². The monoisotopic (exact) mass is 291 g/mol. The highest BCUT2D eigenvalue weighted by Crippen LogP contribution is 2.21. The Kier molecular flexibility index (Phi) is 5.59. The number of likely N-dealkylation sites (N-methyl/N-ethyl adjacent to an activating group) is 1. The van der Waals surface area contributed by atoms with Gasteiger partial charge in [0.05, 0.1) is 18.8 Å². The van der Waals surface area contributed by atoms with E-state index in [1.165, 1.54) is 12.8 Å². The van der Waals surface area contributed by atoms with E-state index in [4.69, 9.17) is 20.6 Å². The van der Waals surface area contributed by atoms with Crippen molar-refractivity contribution in [3.63, 3.8) is 0 Å². The molecule has 3 N–H and O–H groups in total. The van der Waals surface area contributed by atoms with Gasteiger partial charge in [-0.05, 0) is 44.0 Å². The quantitative estimate of drug-likeness (QED) is 0.621. The molecule has 1 saturated heterocycles. The Hall–Kier alpha value is -1.59. The summed E-state index contributed by atoms with van der Waals surface area (Å²) in [6, 6.07) is 5.80. The SMILES string of the molecule is COc1cc(CN(C)CC2CCCCO2)ccc1C(=N)N. The number of nitrogens with one attached hydrogen (secondary N) is 1. The van der Waals surface area contributed by atoms with Crippen molar-refractivity contribution in [2.45, 2.75) is 31.9 Å². The molecule has 0 saturated carbocycles. The van der Waals surface area contributed by atoms with E-state index in [0.29, 0.717) is 17.4 Å². The maximum absolute atomic E-state index is 7.53. The second-order valence-electron chi connectivity index (χ2n) is 5.63. The fourth-order valence-corrected chi connectivity index (χ4v) is 2.73. The molecule has 1 aliphatic heterocycles. The van der Waals surface area contributed by atoms with Gasteiger partial charge in [0.1, 0.15) is 11.6 Å². The predicted octanol–water partition coefficient (Wildman–Crippen LogP) is 1.98. The van der Waals surface area contributed by atoms with Crippen molar-refractivity contribution in [2.24, 2.45) is 5.73 Å². The van der Waals surface area contributed by atoms with Crippen molar-refractivity contribution < 1.29 is 9.47 Å². The first kappa shape index (κ1) is 15.8. The van der Waals surface area contributed by atoms with E-state index >= 15 is 0 Å². The molecule has 21 heavy (non-hydrogen) atoms. The third-order valence-electron chi connectivity index (χ3n) is 3.80. The standard InChI is InChI=1S/C16H25N3O2/c1-19(11-13-5-3-4-8-21-13)10-12-6-7-14(16(17)18)15(9-12)20-2/h6-7,9,13H,3-5,8,10-11H2,1-2H3,(H3,17,18). The van der Waals surface area contributed by atoms with E-state index in [1.807, 2.05) is 18.2 Å². The van der Waals surface area contributed by atoms with Crippen LogP contribution in [-0.2, 0) is 11.3 Å². The van der Waals surface area contributed by atoms with E-state index in [2.05, 4.69) is 11.9 Å². The highest BCUT2D eigenvalue weighted by atomic mass is 16.5. The fraction of sp³-hybridized carbons (Fsp3) is 0.562. The van der Waals surface area contributed by atoms with Gasteiger partial charge >= 0.3 is 0 Å². The average Bonchev–Trinajstić information content (AvgIpc) is 2.47. The largest absolute Gasteiger partial charge is 0.496 e. The van der Waals surface area contributed by atoms with Gasteiger partial charge in [-0.1, -0.05) is 6.07 Å². The van der Waals surface area contributed by atoms with Gasteiger partial charge in [-0.2, -0.15) is 0 Å². The van der Waals surface area contributed by atoms with E-state index < -0.39 is 0 Å². The van der Waals surface area contributed by atoms with Gasteiger partial charge in [-0.3, -0.25) is 10.3 Å². The molecule has 0 radical (unpaired) electrons. The van der Waals surface area contributed by atoms with Crippen molar-refractivity contribution in [1.82, 2.24) is 4.90 Å². The molecule has 1 aromatic rings. The summed E-state index contributed by atoms with van der Waals surface area (Å²) in [4.78, 5) is 2.26. The second kappa shape index (κ2) is 7.43. The molecule has 1 unspecified atom stereocenters. The Morgan fingerprint density at radius 3 is 2.90 bits per heavy atom. The van der Waals surface area contributed by atoms with Crippen LogP contribution in [0, 0.1) is 5.41 Å². The lowest BCUT2D eigenvalue weighted by molar-refractivity contribution is -0.00259. The van der Waals surface area contributed by atoms with Crippen molar-refractivity contribution in [2.75, 3.05) is 27.3 Å². The number of nitrogens with two attached hydrogens (primary N) is 1. The van der Waals surface area contributed by atoms with E-state index in [1.54, 1.807) is 7.11 Å². The van der Waals surface area contributed by atoms with Crippen LogP contribution in [0.2, 0.25) is 0 Å². The third-order valence-corrected chi connectivity index (χ3v) is 3.80. The Bertz CT molecular complexity index is 484. The molecule has 0 aliphatic carbocycles. The van der Waals surface area contributed by atoms with Crippen molar-refractivity contribution >= 4 is 5.84 Å². The summed E-state index contributed by atoms with van der Waals surface area (Å²) in [6.07, 6.45) is 3.95. The molecule has 5 nitrogen and oxygen atoms in total. The number of nitrogen functional groups attached to an aromatic ring is 1. The second-order valence-corrected chi connectivity index (χ2v) is 5.63. The first-order valence-corrected chi connectivity index (χ1v) is 7.41. The molecule has 2 rings (SSSR count). The van der Waals surface area contributed by atoms with Crippen molar-refractivity contribution in [3.05, 3.63) is 29.3 Å². The smallest absolute Gasteiger partial charge is 0.130 e. The summed E-state index contributed by atoms with van der Waals surface area (Å²) < 4.78 is 11.1. The van der Waals surface area contributed by atoms with Crippen LogP contribution < -0.4 is 10.5 Å². The predicted molar refractivity (Wildman–Crippen MR) is 83.9 cm³/mol. The van der Waals surface area contributed by atoms with Gasteiger partial charge in [0.25, 0.3) is 0 Å². The number of hydrogen-bond donors (Lipinski definition) is 2. The molecule has 0 amide bonds. The van der Waals surface area contributed by atoms with Gasteiger partial charge in [0.2, 0.25) is 0 Å². The zero-order valence-corrected chi connectivity index (χ0v) is 12.9. The lowest BCUT2D eigenvalue weighted by Crippen LogP contribution is -2.33. The van der Waals surface area contributed by atoms with Gasteiger partial charge in [-0.15, -0.1) is 0 Å². The van der Waals surface area contributed by atoms with Crippen molar-refractivity contribution in [3.8, 4) is 5.75 Å². The molecular weight excluding hydrogens is 266 g/mol. The van der Waals surface area contributed by atoms with E-state index in [9.17, 15) is 0 Å². The third kappa shape index (κ3) is 4.44. The number of amidine groups is 1. The molecule has 116 valence electrons. The van der Waals surface area contributed by atoms with Crippen LogP contribution in [0.5, 0.6) is 5.75 Å². The van der Waals surface area contributed by atoms with Crippen LogP contribution in [0.15, 0.2) is 18.2 Å². The molecule has 0 bridgehead atoms. The summed E-state index contributed by atoms with van der Waals surface area (Å²) in [5.74, 6) is 0.685. The zero-order chi connectivity index (χ0) is 15.2. The molecule has 1 fully saturated rings. The molecular formula is C16H25N3O2. The Labute approximate surface area is 126 Å². The molecule has 0 aromatic heterocycles. The lowest BCUT2D eigenvalue weighted by atomic mass is 10.1. The maximum Gasteiger partial charge on any atom is 0.130 e. The van der Waals surface area contributed by atoms with Gasteiger partial charge in [0.15, 0.2) is 0 Å². The van der Waals surface area contributed by atoms with Crippen LogP contribution in [-0.4, -0.2) is 44.1 Å². The number of rotatable bonds is 6. The lowest BCUT2D eigenvalue weighted by Gasteiger charge is -2.27. The minimum atomic E-state index is 0.0300. The number of methoxy groups -OCH3 is 1. The number of hydrogen-bond acceptors (Lipinski definition) is 4. The topological polar surface area (TPSA) is 71.6 Å². The van der Waals surface area contributed by atoms with E-state index in [-0.39, 0.29) is 5.84 Å². The molecule has 5 heteroatoms. The van der Waals surface area contributed by atoms with Gasteiger partial charge < -0.3 is 15.2 Å². The minimum Gasteiger partial charge on any atom is -0.496 e. The summed E-state index contributed by atoms with van der Waals surface area (Å²) in [5, 5.41) is 7.53. The maximum atomic E-state index is 7.53. The summed E-state index contributed by atoms with van der Waals surface area (Å²) in [6.45, 7) is 2.66. The Morgan fingerprint density at radius 1 is 1.48 bits per heavy atom. The van der Waals surface area contributed by atoms with Crippen LogP contribution in [0.3, 0.4) is 0 Å². The molecule has 1 aliphatic rings. The molecule has 1 heterocycles. The summed E-state index contributed by atoms with van der Waals surface area (Å²) in [5.41, 5.74) is 7.33. The van der Waals surface area contributed by atoms with Crippen LogP contribution in [0.25, 0.3) is 0 Å². The average molecular weight is 291 g/mol. The van der Waals surface area contributed by atoms with Crippen LogP contribution in [0.1, 0.15) is 30.4 Å². The number of nitrogens with zero attached hydrogens (tertiary/aromatic N) is 1. The van der Waals surface area contributed by atoms with E-state index in [0.717, 1.165) is 31.7 Å². The summed E-state index contributed by atoms with van der Waals surface area (Å²) >= 11 is 0. The Morgan fingerprint density at radius 2 is 2.29 bits per heavy atom.